The highest BCUT2D eigenvalue weighted by Crippen LogP contribution is 2.29. The van der Waals surface area contributed by atoms with Crippen LogP contribution in [0.2, 0.25) is 10.0 Å². The first-order chi connectivity index (χ1) is 8.60. The number of carbonyl (C=O) groups excluding carboxylic acids is 1. The van der Waals surface area contributed by atoms with Crippen LogP contribution in [0, 0.1) is 11.3 Å². The van der Waals surface area contributed by atoms with E-state index in [1.165, 1.54) is 6.20 Å². The van der Waals surface area contributed by atoms with E-state index in [9.17, 15) is 4.79 Å². The first-order valence-corrected chi connectivity index (χ1v) is 5.94. The highest BCUT2D eigenvalue weighted by molar-refractivity contribution is 6.44. The van der Waals surface area contributed by atoms with Gasteiger partial charge in [0.15, 0.2) is 0 Å². The lowest BCUT2D eigenvalue weighted by Gasteiger charge is -2.07. The quantitative estimate of drug-likeness (QED) is 0.660. The molecule has 18 heavy (non-hydrogen) atoms. The fourth-order valence-electron chi connectivity index (χ4n) is 1.14. The molecule has 1 rings (SSSR count). The van der Waals surface area contributed by atoms with Crippen LogP contribution in [0.3, 0.4) is 0 Å². The molecule has 0 aliphatic heterocycles. The van der Waals surface area contributed by atoms with E-state index < -0.39 is 5.91 Å². The highest BCUT2D eigenvalue weighted by atomic mass is 35.5. The van der Waals surface area contributed by atoms with Crippen LogP contribution in [0.1, 0.15) is 6.92 Å². The molecule has 1 aromatic rings. The zero-order chi connectivity index (χ0) is 13.5. The van der Waals surface area contributed by atoms with Crippen molar-refractivity contribution in [3.63, 3.8) is 0 Å². The van der Waals surface area contributed by atoms with Gasteiger partial charge < -0.3 is 10.6 Å². The Labute approximate surface area is 115 Å². The number of nitrogens with one attached hydrogen (secondary N) is 2. The molecule has 0 saturated heterocycles. The number of nitriles is 1. The van der Waals surface area contributed by atoms with Gasteiger partial charge in [0, 0.05) is 12.7 Å². The second-order valence-electron chi connectivity index (χ2n) is 3.28. The third-order valence-corrected chi connectivity index (χ3v) is 2.83. The topological polar surface area (TPSA) is 64.9 Å². The normalized spacial score (nSPS) is 10.7. The lowest BCUT2D eigenvalue weighted by atomic mass is 10.2. The number of carbonyl (C=O) groups is 1. The van der Waals surface area contributed by atoms with E-state index >= 15 is 0 Å². The molecule has 0 aliphatic rings. The van der Waals surface area contributed by atoms with Gasteiger partial charge in [-0.15, -0.1) is 0 Å². The molecular weight excluding hydrogens is 273 g/mol. The summed E-state index contributed by atoms with van der Waals surface area (Å²) >= 11 is 11.7. The molecule has 1 aromatic carbocycles. The second-order valence-corrected chi connectivity index (χ2v) is 4.07. The van der Waals surface area contributed by atoms with Crippen LogP contribution in [0.25, 0.3) is 0 Å². The van der Waals surface area contributed by atoms with Crippen molar-refractivity contribution in [2.45, 2.75) is 6.92 Å². The molecule has 0 saturated carbocycles. The predicted molar refractivity (Wildman–Crippen MR) is 72.5 cm³/mol. The molecule has 0 aromatic heterocycles. The molecule has 0 bridgehead atoms. The Balaban J connectivity index is 2.88. The summed E-state index contributed by atoms with van der Waals surface area (Å²) in [6, 6.07) is 6.67. The summed E-state index contributed by atoms with van der Waals surface area (Å²) in [4.78, 5) is 11.8. The van der Waals surface area contributed by atoms with E-state index in [-0.39, 0.29) is 10.6 Å². The largest absolute Gasteiger partial charge is 0.390 e. The minimum atomic E-state index is -0.539. The molecule has 2 N–H and O–H groups in total. The smallest absolute Gasteiger partial charge is 0.267 e. The summed E-state index contributed by atoms with van der Waals surface area (Å²) in [7, 11) is 0. The fourth-order valence-corrected chi connectivity index (χ4v) is 1.49. The van der Waals surface area contributed by atoms with Crippen molar-refractivity contribution in [2.75, 3.05) is 11.9 Å². The first-order valence-electron chi connectivity index (χ1n) is 5.19. The van der Waals surface area contributed by atoms with E-state index in [1.807, 2.05) is 6.92 Å². The SMILES string of the molecule is CCN/C=C(/C#N)C(=O)Nc1cccc(Cl)c1Cl. The molecule has 0 unspecified atom stereocenters. The van der Waals surface area contributed by atoms with Crippen molar-refractivity contribution in [1.82, 2.24) is 5.32 Å². The molecule has 0 heterocycles. The third-order valence-electron chi connectivity index (χ3n) is 2.02. The van der Waals surface area contributed by atoms with Gasteiger partial charge in [-0.1, -0.05) is 29.3 Å². The molecule has 6 heteroatoms. The van der Waals surface area contributed by atoms with Gasteiger partial charge in [-0.05, 0) is 19.1 Å². The summed E-state index contributed by atoms with van der Waals surface area (Å²) in [6.45, 7) is 2.48. The van der Waals surface area contributed by atoms with Crippen LogP contribution < -0.4 is 10.6 Å². The van der Waals surface area contributed by atoms with Crippen LogP contribution in [0.4, 0.5) is 5.69 Å². The lowest BCUT2D eigenvalue weighted by Crippen LogP contribution is -2.16. The summed E-state index contributed by atoms with van der Waals surface area (Å²) in [5.74, 6) is -0.539. The number of anilines is 1. The first kappa shape index (κ1) is 14.4. The van der Waals surface area contributed by atoms with Crippen LogP contribution in [-0.4, -0.2) is 12.5 Å². The number of rotatable bonds is 4. The van der Waals surface area contributed by atoms with Gasteiger partial charge in [-0.3, -0.25) is 4.79 Å². The number of hydrogen-bond acceptors (Lipinski definition) is 3. The van der Waals surface area contributed by atoms with E-state index in [2.05, 4.69) is 10.6 Å². The molecule has 0 atom stereocenters. The van der Waals surface area contributed by atoms with E-state index in [0.717, 1.165) is 0 Å². The van der Waals surface area contributed by atoms with Crippen LogP contribution in [0.5, 0.6) is 0 Å². The number of halogens is 2. The summed E-state index contributed by atoms with van der Waals surface area (Å²) in [5.41, 5.74) is 0.333. The van der Waals surface area contributed by atoms with Gasteiger partial charge in [-0.2, -0.15) is 5.26 Å². The Kier molecular flexibility index (Phi) is 5.50. The fraction of sp³-hybridized carbons (Fsp3) is 0.167. The number of benzene rings is 1. The van der Waals surface area contributed by atoms with E-state index in [0.29, 0.717) is 17.3 Å². The van der Waals surface area contributed by atoms with Gasteiger partial charge in [0.05, 0.1) is 15.7 Å². The van der Waals surface area contributed by atoms with Gasteiger partial charge >= 0.3 is 0 Å². The Morgan fingerprint density at radius 2 is 2.22 bits per heavy atom. The maximum atomic E-state index is 11.8. The lowest BCUT2D eigenvalue weighted by molar-refractivity contribution is -0.112. The average Bonchev–Trinajstić information content (AvgIpc) is 2.36. The van der Waals surface area contributed by atoms with Crippen LogP contribution in [-0.2, 0) is 4.79 Å². The van der Waals surface area contributed by atoms with Crippen molar-refractivity contribution in [1.29, 1.82) is 5.26 Å². The highest BCUT2D eigenvalue weighted by Gasteiger charge is 2.12. The molecule has 94 valence electrons. The second kappa shape index (κ2) is 6.90. The van der Waals surface area contributed by atoms with Crippen molar-refractivity contribution in [3.05, 3.63) is 40.0 Å². The average molecular weight is 284 g/mol. The monoisotopic (exact) mass is 283 g/mol. The molecule has 0 fully saturated rings. The Hall–Kier alpha value is -1.70. The standard InChI is InChI=1S/C12H11Cl2N3O/c1-2-16-7-8(6-15)12(18)17-10-5-3-4-9(13)11(10)14/h3-5,7,16H,2H2,1H3,(H,17,18)/b8-7-. The van der Waals surface area contributed by atoms with Gasteiger partial charge in [0.25, 0.3) is 5.91 Å². The summed E-state index contributed by atoms with van der Waals surface area (Å²) in [5, 5.41) is 14.7. The zero-order valence-electron chi connectivity index (χ0n) is 9.63. The predicted octanol–water partition coefficient (Wildman–Crippen LogP) is 2.95. The molecule has 0 spiro atoms. The maximum Gasteiger partial charge on any atom is 0.267 e. The number of nitrogens with zero attached hydrogens (tertiary/aromatic N) is 1. The summed E-state index contributed by atoms with van der Waals surface area (Å²) < 4.78 is 0. The van der Waals surface area contributed by atoms with Crippen LogP contribution in [0.15, 0.2) is 30.0 Å². The maximum absolute atomic E-state index is 11.8. The molecular formula is C12H11Cl2N3O. The summed E-state index contributed by atoms with van der Waals surface area (Å²) in [6.07, 6.45) is 1.35. The molecule has 0 radical (unpaired) electrons. The Bertz CT molecular complexity index is 521. The zero-order valence-corrected chi connectivity index (χ0v) is 11.1. The van der Waals surface area contributed by atoms with Gasteiger partial charge in [0.2, 0.25) is 0 Å². The minimum absolute atomic E-state index is 0.0344. The molecule has 4 nitrogen and oxygen atoms in total. The van der Waals surface area contributed by atoms with Crippen molar-refractivity contribution >= 4 is 34.8 Å². The minimum Gasteiger partial charge on any atom is -0.390 e. The van der Waals surface area contributed by atoms with Gasteiger partial charge in [0.1, 0.15) is 11.6 Å². The third kappa shape index (κ3) is 3.66. The van der Waals surface area contributed by atoms with E-state index in [4.69, 9.17) is 28.5 Å². The Morgan fingerprint density at radius 1 is 1.50 bits per heavy atom. The molecule has 0 aliphatic carbocycles. The Morgan fingerprint density at radius 3 is 2.83 bits per heavy atom. The van der Waals surface area contributed by atoms with E-state index in [1.54, 1.807) is 24.3 Å². The van der Waals surface area contributed by atoms with Gasteiger partial charge in [-0.25, -0.2) is 0 Å². The van der Waals surface area contributed by atoms with Crippen LogP contribution >= 0.6 is 23.2 Å². The number of amides is 1. The van der Waals surface area contributed by atoms with Crippen molar-refractivity contribution < 1.29 is 4.79 Å². The molecule has 1 amide bonds. The van der Waals surface area contributed by atoms with Crippen molar-refractivity contribution in [2.24, 2.45) is 0 Å². The number of hydrogen-bond donors (Lipinski definition) is 2. The van der Waals surface area contributed by atoms with Crippen molar-refractivity contribution in [3.8, 4) is 6.07 Å².